The summed E-state index contributed by atoms with van der Waals surface area (Å²) in [5.41, 5.74) is 13.4. The Morgan fingerprint density at radius 3 is 1.12 bits per heavy atom. The van der Waals surface area contributed by atoms with Crippen molar-refractivity contribution in [1.82, 2.24) is 31.3 Å². The number of likely N-dealkylation sites (tertiary alicyclic amines) is 1. The Morgan fingerprint density at radius 1 is 0.523 bits per heavy atom. The number of rotatable bonds is 17. The molecule has 0 radical (unpaired) electrons. The topological polar surface area (TPSA) is 243 Å². The van der Waals surface area contributed by atoms with E-state index in [9.17, 15) is 38.4 Å². The Hall–Kier alpha value is -2.90. The molecule has 2 saturated heterocycles. The van der Waals surface area contributed by atoms with Crippen LogP contribution in [0.4, 0.5) is 0 Å². The minimum atomic E-state index is -0.650. The highest BCUT2D eigenvalue weighted by Crippen LogP contribution is 2.22. The molecule has 7 amide bonds. The molecule has 4 atom stereocenters. The molecule has 16 nitrogen and oxygen atoms in total. The number of amides is 7. The van der Waals surface area contributed by atoms with Gasteiger partial charge < -0.3 is 32.3 Å². The van der Waals surface area contributed by atoms with Gasteiger partial charge in [-0.3, -0.25) is 43.4 Å². The maximum Gasteiger partial charge on any atom is 0.241 e. The van der Waals surface area contributed by atoms with Crippen LogP contribution in [0.25, 0.3) is 0 Å². The minimum Gasteiger partial charge on any atom is -0.368 e. The maximum absolute atomic E-state index is 12.0. The third kappa shape index (κ3) is 50.9. The van der Waals surface area contributed by atoms with Gasteiger partial charge in [0, 0.05) is 51.9 Å². The van der Waals surface area contributed by atoms with E-state index in [1.807, 2.05) is 13.8 Å². The normalized spacial score (nSPS) is 20.0. The fourth-order valence-corrected chi connectivity index (χ4v) is 11.9. The van der Waals surface area contributed by atoms with Crippen LogP contribution in [-0.2, 0) is 38.4 Å². The number of Topliss-reactive ketones (excluding diaryl/α,β-unsaturated/α-hetero) is 1. The first-order chi connectivity index (χ1) is 40.2. The average Bonchev–Trinajstić information content (AvgIpc) is 4.26. The number of alkyl halides is 1. The molecule has 0 aromatic heterocycles. The number of hydrogen-bond donors (Lipinski definition) is 7. The predicted molar refractivity (Wildman–Crippen MR) is 372 cm³/mol. The Kier molecular flexibility index (Phi) is 66.3. The van der Waals surface area contributed by atoms with E-state index in [1.165, 1.54) is 253 Å². The summed E-state index contributed by atoms with van der Waals surface area (Å²) >= 11 is 8.08. The Bertz CT molecular complexity index is 1510. The highest BCUT2D eigenvalue weighted by atomic mass is 79.9. The van der Waals surface area contributed by atoms with Crippen molar-refractivity contribution in [1.29, 1.82) is 0 Å². The molecule has 2 heterocycles. The smallest absolute Gasteiger partial charge is 0.241 e. The lowest BCUT2D eigenvalue weighted by Gasteiger charge is -2.24. The zero-order valence-electron chi connectivity index (χ0n) is 52.8. The highest BCUT2D eigenvalue weighted by Gasteiger charge is 2.37. The summed E-state index contributed by atoms with van der Waals surface area (Å²) in [6, 6.07) is -1.44. The number of hydrazine groups is 1. The van der Waals surface area contributed by atoms with Crippen LogP contribution in [0.5, 0.6) is 0 Å². The Morgan fingerprint density at radius 2 is 0.849 bits per heavy atom. The van der Waals surface area contributed by atoms with Gasteiger partial charge in [-0.1, -0.05) is 290 Å². The molecule has 4 rings (SSSR count). The summed E-state index contributed by atoms with van der Waals surface area (Å²) < 4.78 is 0. The molecule has 0 aromatic rings. The van der Waals surface area contributed by atoms with Crippen LogP contribution >= 0.6 is 40.3 Å². The second-order valence-electron chi connectivity index (χ2n) is 23.2. The number of nitrogens with zero attached hydrogens (tertiary/aromatic N) is 2. The Balaban J connectivity index is -0.000000501. The van der Waals surface area contributed by atoms with Crippen LogP contribution in [0.2, 0.25) is 0 Å². The lowest BCUT2D eigenvalue weighted by molar-refractivity contribution is -0.138. The van der Waals surface area contributed by atoms with E-state index in [-0.39, 0.29) is 93.2 Å². The summed E-state index contributed by atoms with van der Waals surface area (Å²) in [5, 5.41) is 9.63. The molecule has 2 aliphatic heterocycles. The molecule has 86 heavy (non-hydrogen) atoms. The highest BCUT2D eigenvalue weighted by molar-refractivity contribution is 9.09. The molecule has 19 heteroatoms. The van der Waals surface area contributed by atoms with Crippen LogP contribution < -0.4 is 32.8 Å². The predicted octanol–water partition coefficient (Wildman–Crippen LogP) is 14.4. The third-order valence-electron chi connectivity index (χ3n) is 15.9. The number of halogens is 1. The van der Waals surface area contributed by atoms with Crippen LogP contribution in [0.3, 0.4) is 0 Å². The maximum atomic E-state index is 12.0. The van der Waals surface area contributed by atoms with Crippen molar-refractivity contribution in [3.05, 3.63) is 0 Å². The summed E-state index contributed by atoms with van der Waals surface area (Å²) in [6.07, 6.45) is 56.1. The van der Waals surface area contributed by atoms with E-state index in [2.05, 4.69) is 49.9 Å². The number of thiol groups is 1. The molecule has 508 valence electrons. The molecule has 0 bridgehead atoms. The molecule has 2 aliphatic carbocycles. The number of carbonyl (C=O) groups is 8. The first kappa shape index (κ1) is 89.5. The van der Waals surface area contributed by atoms with Crippen molar-refractivity contribution in [2.45, 2.75) is 324 Å². The first-order valence-electron chi connectivity index (χ1n) is 33.2. The molecule has 0 aromatic carbocycles. The lowest BCUT2D eigenvalue weighted by Crippen LogP contribution is -2.52. The van der Waals surface area contributed by atoms with Gasteiger partial charge in [-0.15, -0.1) is 11.8 Å². The van der Waals surface area contributed by atoms with Crippen LogP contribution in [-0.4, -0.2) is 124 Å². The molecular formula is C67H133BrN8O8S2. The van der Waals surface area contributed by atoms with Crippen molar-refractivity contribution in [2.75, 3.05) is 49.3 Å². The molecule has 4 fully saturated rings. The van der Waals surface area contributed by atoms with E-state index in [4.69, 9.17) is 11.5 Å². The fraction of sp³-hybridized carbons (Fsp3) is 0.881. The van der Waals surface area contributed by atoms with Gasteiger partial charge >= 0.3 is 0 Å². The summed E-state index contributed by atoms with van der Waals surface area (Å²) in [7, 11) is 1.54. The van der Waals surface area contributed by atoms with Gasteiger partial charge in [0.05, 0.1) is 28.6 Å². The second kappa shape index (κ2) is 63.7. The molecule has 8 N–H and O–H groups in total. The van der Waals surface area contributed by atoms with E-state index in [0.29, 0.717) is 50.6 Å². The van der Waals surface area contributed by atoms with Crippen molar-refractivity contribution in [3.63, 3.8) is 0 Å². The largest absolute Gasteiger partial charge is 0.368 e. The summed E-state index contributed by atoms with van der Waals surface area (Å²) in [6.45, 7) is 6.55. The van der Waals surface area contributed by atoms with Gasteiger partial charge in [-0.2, -0.15) is 12.6 Å². The van der Waals surface area contributed by atoms with Crippen LogP contribution in [0.15, 0.2) is 0 Å². The van der Waals surface area contributed by atoms with E-state index < -0.39 is 23.9 Å². The number of thioether (sulfide) groups is 1. The van der Waals surface area contributed by atoms with Crippen LogP contribution in [0, 0.1) is 5.92 Å². The van der Waals surface area contributed by atoms with E-state index in [1.54, 1.807) is 14.0 Å². The van der Waals surface area contributed by atoms with Crippen molar-refractivity contribution >= 4 is 87.5 Å². The molecule has 4 aliphatic rings. The van der Waals surface area contributed by atoms with E-state index >= 15 is 0 Å². The SMILES string of the molecule is C.C.C.C1CCCCCCCCCCCCCCCCC1.C1CCCCCCCCCCCCCCCCC1.CCC(=O)CBr.CC[C@H](C(N)=O)N1CC(CNC(=O)CSCC(=O)NC)CC1=O.CC[C@H](C(N)=O)N1NC(CNC(=O)CS)CC1=O. The van der Waals surface area contributed by atoms with Gasteiger partial charge in [-0.25, -0.2) is 5.43 Å². The number of nitrogens with two attached hydrogens (primary N) is 2. The quantitative estimate of drug-likeness (QED) is 0.0536. The van der Waals surface area contributed by atoms with Gasteiger partial charge in [0.2, 0.25) is 41.4 Å². The monoisotopic (exact) mass is 1320 g/mol. The number of ketones is 1. The first-order valence-corrected chi connectivity index (χ1v) is 36.1. The fourth-order valence-electron chi connectivity index (χ4n) is 10.7. The second-order valence-corrected chi connectivity index (χ2v) is 25.1. The van der Waals surface area contributed by atoms with Crippen molar-refractivity contribution in [2.24, 2.45) is 17.4 Å². The lowest BCUT2D eigenvalue weighted by atomic mass is 10.0. The number of nitrogens with one attached hydrogen (secondary N) is 4. The van der Waals surface area contributed by atoms with E-state index in [0.717, 1.165) is 0 Å². The van der Waals surface area contributed by atoms with Gasteiger partial charge in [0.15, 0.2) is 0 Å². The number of carbonyl (C=O) groups excluding carboxylic acids is 8. The molecule has 2 saturated carbocycles. The number of hydrogen-bond acceptors (Lipinski definition) is 11. The minimum absolute atomic E-state index is 0. The zero-order chi connectivity index (χ0) is 61.6. The summed E-state index contributed by atoms with van der Waals surface area (Å²) in [5.74, 6) is -1.09. The standard InChI is InChI=1S/2C18H36.C14H24N4O4S.C10H18N4O3S.C4H7BrO.3CH4/c2*1-2-4-6-8-10-12-14-16-18-17-15-13-11-9-7-5-3-1;1-3-10(14(15)22)18-6-9(4-13(18)21)5-17-12(20)8-23-7-11(19)16-2;1-2-7(10(11)17)14-9(16)3-6(13-14)4-12-8(15)5-18;1-2-4(6)3-5;;;/h2*1-18H2;9-10H,3-8H2,1-2H3,(H2,15,22)(H,16,19)(H,17,20);6-7,13,18H,2-5H2,1H3,(H2,11,17)(H,12,15);2-3H2,1H3;3*1H4/t;;9?,10-;6?,7-;;;;/m..11..../s1. The van der Waals surface area contributed by atoms with Crippen molar-refractivity contribution < 1.29 is 38.4 Å². The Labute approximate surface area is 545 Å². The zero-order valence-corrected chi connectivity index (χ0v) is 56.1. The third-order valence-corrected chi connectivity index (χ3v) is 17.8. The van der Waals surface area contributed by atoms with Gasteiger partial charge in [0.25, 0.3) is 0 Å². The molecule has 0 spiro atoms. The summed E-state index contributed by atoms with van der Waals surface area (Å²) in [4.78, 5) is 91.7. The van der Waals surface area contributed by atoms with Crippen LogP contribution in [0.1, 0.15) is 306 Å². The molecule has 2 unspecified atom stereocenters. The molecular weight excluding hydrogens is 1190 g/mol. The van der Waals surface area contributed by atoms with Crippen molar-refractivity contribution in [3.8, 4) is 0 Å². The number of primary amides is 2. The van der Waals surface area contributed by atoms with Gasteiger partial charge in [-0.05, 0) is 12.8 Å². The average molecular weight is 1320 g/mol. The van der Waals surface area contributed by atoms with Gasteiger partial charge in [0.1, 0.15) is 17.9 Å².